The van der Waals surface area contributed by atoms with Gasteiger partial charge in [-0.1, -0.05) is 12.1 Å². The van der Waals surface area contributed by atoms with E-state index < -0.39 is 0 Å². The summed E-state index contributed by atoms with van der Waals surface area (Å²) in [6.07, 6.45) is 2.32. The van der Waals surface area contributed by atoms with Crippen LogP contribution in [-0.2, 0) is 5.75 Å². The third kappa shape index (κ3) is 3.19. The molecule has 1 heterocycles. The summed E-state index contributed by atoms with van der Waals surface area (Å²) in [5.41, 5.74) is 1.29. The Hall–Kier alpha value is -1.16. The summed E-state index contributed by atoms with van der Waals surface area (Å²) >= 11 is 1.87. The molecular weight excluding hydrogens is 244 g/mol. The van der Waals surface area contributed by atoms with E-state index >= 15 is 0 Å². The van der Waals surface area contributed by atoms with Crippen LogP contribution in [0.5, 0.6) is 5.75 Å². The zero-order chi connectivity index (χ0) is 13.0. The van der Waals surface area contributed by atoms with Gasteiger partial charge in [-0.3, -0.25) is 5.41 Å². The molecule has 0 radical (unpaired) electrons. The summed E-state index contributed by atoms with van der Waals surface area (Å²) in [5.74, 6) is 2.64. The summed E-state index contributed by atoms with van der Waals surface area (Å²) in [4.78, 5) is 2.06. The lowest BCUT2D eigenvalue weighted by molar-refractivity contribution is 0.414. The van der Waals surface area contributed by atoms with Gasteiger partial charge in [-0.15, -0.1) is 11.8 Å². The van der Waals surface area contributed by atoms with Gasteiger partial charge >= 0.3 is 0 Å². The first-order valence-electron chi connectivity index (χ1n) is 6.25. The zero-order valence-corrected chi connectivity index (χ0v) is 11.8. The van der Waals surface area contributed by atoms with Gasteiger partial charge in [0.2, 0.25) is 0 Å². The quantitative estimate of drug-likeness (QED) is 0.908. The van der Waals surface area contributed by atoms with E-state index in [9.17, 15) is 0 Å². The fourth-order valence-corrected chi connectivity index (χ4v) is 3.35. The van der Waals surface area contributed by atoms with Crippen LogP contribution in [0.4, 0.5) is 0 Å². The molecule has 3 nitrogen and oxygen atoms in total. The van der Waals surface area contributed by atoms with Gasteiger partial charge in [-0.25, -0.2) is 0 Å². The third-order valence-electron chi connectivity index (χ3n) is 3.29. The van der Waals surface area contributed by atoms with E-state index in [0.717, 1.165) is 30.3 Å². The predicted molar refractivity (Wildman–Crippen MR) is 77.7 cm³/mol. The third-order valence-corrected chi connectivity index (χ3v) is 4.65. The maximum absolute atomic E-state index is 8.07. The number of amidine groups is 1. The number of methoxy groups -OCH3 is 1. The monoisotopic (exact) mass is 264 g/mol. The summed E-state index contributed by atoms with van der Waals surface area (Å²) in [6.45, 7) is 1.03. The first kappa shape index (κ1) is 13.3. The van der Waals surface area contributed by atoms with E-state index in [-0.39, 0.29) is 0 Å². The lowest BCUT2D eigenvalue weighted by Gasteiger charge is -2.31. The topological polar surface area (TPSA) is 36.3 Å². The van der Waals surface area contributed by atoms with Crippen LogP contribution in [0.25, 0.3) is 0 Å². The van der Waals surface area contributed by atoms with Crippen molar-refractivity contribution in [1.82, 2.24) is 4.90 Å². The largest absolute Gasteiger partial charge is 0.497 e. The summed E-state index contributed by atoms with van der Waals surface area (Å²) in [5, 5.41) is 8.42. The van der Waals surface area contributed by atoms with Crippen molar-refractivity contribution in [1.29, 1.82) is 5.41 Å². The number of hydrogen-bond acceptors (Lipinski definition) is 3. The van der Waals surface area contributed by atoms with E-state index in [2.05, 4.69) is 17.0 Å². The Morgan fingerprint density at radius 2 is 2.11 bits per heavy atom. The lowest BCUT2D eigenvalue weighted by atomic mass is 10.1. The van der Waals surface area contributed by atoms with Crippen molar-refractivity contribution in [2.45, 2.75) is 23.8 Å². The summed E-state index contributed by atoms with van der Waals surface area (Å²) in [6, 6.07) is 8.19. The molecule has 1 N–H and O–H groups in total. The van der Waals surface area contributed by atoms with Crippen molar-refractivity contribution in [3.63, 3.8) is 0 Å². The number of thioether (sulfide) groups is 1. The molecule has 1 aliphatic heterocycles. The molecule has 0 amide bonds. The van der Waals surface area contributed by atoms with Crippen molar-refractivity contribution in [3.05, 3.63) is 29.8 Å². The molecule has 2 rings (SSSR count). The number of nitrogens with zero attached hydrogens (tertiary/aromatic N) is 1. The molecule has 0 bridgehead atoms. The molecule has 1 aromatic rings. The average Bonchev–Trinajstić information content (AvgIpc) is 2.41. The minimum absolute atomic E-state index is 0.353. The minimum atomic E-state index is 0.353. The molecule has 0 saturated carbocycles. The number of nitrogens with one attached hydrogen (secondary N) is 1. The number of ether oxygens (including phenoxy) is 1. The fraction of sp³-hybridized carbons (Fsp3) is 0.500. The molecule has 98 valence electrons. The lowest BCUT2D eigenvalue weighted by Crippen LogP contribution is -2.39. The molecule has 1 unspecified atom stereocenters. The second kappa shape index (κ2) is 6.14. The number of piperidine rings is 1. The highest BCUT2D eigenvalue weighted by Gasteiger charge is 2.22. The van der Waals surface area contributed by atoms with Gasteiger partial charge in [-0.2, -0.15) is 0 Å². The number of rotatable bonds is 4. The van der Waals surface area contributed by atoms with E-state index in [1.54, 1.807) is 7.11 Å². The maximum atomic E-state index is 8.07. The van der Waals surface area contributed by atoms with Crippen molar-refractivity contribution in [2.75, 3.05) is 20.7 Å². The Morgan fingerprint density at radius 3 is 2.78 bits per heavy atom. The van der Waals surface area contributed by atoms with Crippen molar-refractivity contribution in [2.24, 2.45) is 0 Å². The Bertz CT molecular complexity index is 405. The molecular formula is C14H20N2OS. The van der Waals surface area contributed by atoms with Crippen molar-refractivity contribution in [3.8, 4) is 5.75 Å². The molecule has 0 spiro atoms. The van der Waals surface area contributed by atoms with E-state index in [0.29, 0.717) is 5.25 Å². The van der Waals surface area contributed by atoms with Crippen LogP contribution in [0.1, 0.15) is 18.4 Å². The first-order valence-corrected chi connectivity index (χ1v) is 7.29. The van der Waals surface area contributed by atoms with Crippen LogP contribution < -0.4 is 4.74 Å². The molecule has 18 heavy (non-hydrogen) atoms. The maximum Gasteiger partial charge on any atom is 0.118 e. The Labute approximate surface area is 113 Å². The van der Waals surface area contributed by atoms with Gasteiger partial charge < -0.3 is 9.64 Å². The summed E-state index contributed by atoms with van der Waals surface area (Å²) < 4.78 is 5.15. The normalized spacial score (nSPS) is 20.0. The van der Waals surface area contributed by atoms with Crippen LogP contribution in [0.2, 0.25) is 0 Å². The Balaban J connectivity index is 1.88. The van der Waals surface area contributed by atoms with E-state index in [4.69, 9.17) is 10.1 Å². The van der Waals surface area contributed by atoms with Gasteiger partial charge in [0.25, 0.3) is 0 Å². The Morgan fingerprint density at radius 1 is 1.39 bits per heavy atom. The standard InChI is InChI=1S/C14H20N2OS/c1-16-9-3-4-13(14(16)15)18-10-11-5-7-12(17-2)8-6-11/h5-8,13,15H,3-4,9-10H2,1-2H3. The first-order chi connectivity index (χ1) is 8.70. The van der Waals surface area contributed by atoms with Crippen LogP contribution in [0, 0.1) is 5.41 Å². The van der Waals surface area contributed by atoms with Gasteiger partial charge in [-0.05, 0) is 30.5 Å². The Kier molecular flexibility index (Phi) is 4.53. The van der Waals surface area contributed by atoms with Crippen LogP contribution in [0.15, 0.2) is 24.3 Å². The predicted octanol–water partition coefficient (Wildman–Crippen LogP) is 3.00. The highest BCUT2D eigenvalue weighted by molar-refractivity contribution is 7.99. The molecule has 1 aliphatic rings. The van der Waals surface area contributed by atoms with Gasteiger partial charge in [0.05, 0.1) is 12.4 Å². The highest BCUT2D eigenvalue weighted by atomic mass is 32.2. The van der Waals surface area contributed by atoms with E-state index in [1.807, 2.05) is 30.9 Å². The highest BCUT2D eigenvalue weighted by Crippen LogP contribution is 2.26. The van der Waals surface area contributed by atoms with E-state index in [1.165, 1.54) is 12.0 Å². The second-order valence-corrected chi connectivity index (χ2v) is 5.79. The molecule has 1 atom stereocenters. The molecule has 1 fully saturated rings. The molecule has 0 aliphatic carbocycles. The van der Waals surface area contributed by atoms with Crippen molar-refractivity contribution < 1.29 is 4.74 Å². The molecule has 4 heteroatoms. The number of likely N-dealkylation sites (tertiary alicyclic amines) is 1. The van der Waals surface area contributed by atoms with Gasteiger partial charge in [0, 0.05) is 19.3 Å². The van der Waals surface area contributed by atoms with Crippen LogP contribution >= 0.6 is 11.8 Å². The SMILES string of the molecule is COc1ccc(CSC2CCCN(C)C2=N)cc1. The fourth-order valence-electron chi connectivity index (χ4n) is 2.10. The van der Waals surface area contributed by atoms with Crippen molar-refractivity contribution >= 4 is 17.6 Å². The summed E-state index contributed by atoms with van der Waals surface area (Å²) in [7, 11) is 3.70. The average molecular weight is 264 g/mol. The van der Waals surface area contributed by atoms with Gasteiger partial charge in [0.15, 0.2) is 0 Å². The number of hydrogen-bond donors (Lipinski definition) is 1. The molecule has 1 aromatic carbocycles. The van der Waals surface area contributed by atoms with Crippen LogP contribution in [0.3, 0.4) is 0 Å². The molecule has 1 saturated heterocycles. The zero-order valence-electron chi connectivity index (χ0n) is 11.0. The van der Waals surface area contributed by atoms with Gasteiger partial charge in [0.1, 0.15) is 11.6 Å². The smallest absolute Gasteiger partial charge is 0.118 e. The number of benzene rings is 1. The van der Waals surface area contributed by atoms with Crippen LogP contribution in [-0.4, -0.2) is 36.7 Å². The minimum Gasteiger partial charge on any atom is -0.497 e. The second-order valence-electron chi connectivity index (χ2n) is 4.60. The molecule has 0 aromatic heterocycles.